The summed E-state index contributed by atoms with van der Waals surface area (Å²) in [6.45, 7) is 0. The largest absolute Gasteiger partial charge is 0.324 e. The number of benzene rings is 2. The van der Waals surface area contributed by atoms with Crippen LogP contribution < -0.4 is 5.32 Å². The Hall–Kier alpha value is -2.30. The van der Waals surface area contributed by atoms with E-state index in [0.29, 0.717) is 32.9 Å². The number of rotatable bonds is 3. The van der Waals surface area contributed by atoms with E-state index in [2.05, 4.69) is 21.2 Å². The monoisotopic (exact) mass is 415 g/mol. The summed E-state index contributed by atoms with van der Waals surface area (Å²) < 4.78 is 0.711. The Bertz CT molecular complexity index is 848. The molecule has 3 rings (SSSR count). The highest BCUT2D eigenvalue weighted by molar-refractivity contribution is 9.10. The average molecular weight is 416 g/mol. The number of amides is 2. The van der Waals surface area contributed by atoms with Crippen LogP contribution in [0, 0.1) is 11.3 Å². The number of carbonyl (C=O) groups excluding carboxylic acids is 2. The number of thioether (sulfide) groups is 1. The van der Waals surface area contributed by atoms with Crippen molar-refractivity contribution in [3.8, 4) is 6.07 Å². The number of anilines is 1. The summed E-state index contributed by atoms with van der Waals surface area (Å²) in [5.74, 6) is 0.636. The smallest absolute Gasteiger partial charge is 0.256 e. The van der Waals surface area contributed by atoms with Crippen LogP contribution in [0.15, 0.2) is 53.0 Å². The lowest BCUT2D eigenvalue weighted by molar-refractivity contribution is -0.119. The molecule has 7 heteroatoms. The molecule has 2 amide bonds. The van der Waals surface area contributed by atoms with Crippen molar-refractivity contribution < 1.29 is 9.59 Å². The summed E-state index contributed by atoms with van der Waals surface area (Å²) in [5, 5.41) is 11.6. The van der Waals surface area contributed by atoms with Crippen LogP contribution in [0.25, 0.3) is 0 Å². The third-order valence-electron chi connectivity index (χ3n) is 3.83. The maximum Gasteiger partial charge on any atom is 0.256 e. The van der Waals surface area contributed by atoms with Crippen LogP contribution in [-0.4, -0.2) is 34.4 Å². The lowest BCUT2D eigenvalue weighted by Crippen LogP contribution is -2.44. The molecule has 0 bridgehead atoms. The summed E-state index contributed by atoms with van der Waals surface area (Å²) in [5.41, 5.74) is 1.68. The first-order chi connectivity index (χ1) is 12.1. The first kappa shape index (κ1) is 17.5. The minimum absolute atomic E-state index is 0.169. The van der Waals surface area contributed by atoms with Gasteiger partial charge in [-0.25, -0.2) is 0 Å². The number of nitrogens with zero attached hydrogens (tertiary/aromatic N) is 2. The lowest BCUT2D eigenvalue weighted by Gasteiger charge is -2.23. The third kappa shape index (κ3) is 3.86. The van der Waals surface area contributed by atoms with E-state index in [1.807, 2.05) is 18.2 Å². The number of hydrogen-bond donors (Lipinski definition) is 1. The molecule has 0 aliphatic carbocycles. The van der Waals surface area contributed by atoms with Gasteiger partial charge in [0, 0.05) is 15.9 Å². The topological polar surface area (TPSA) is 73.2 Å². The van der Waals surface area contributed by atoms with Gasteiger partial charge in [0.15, 0.2) is 0 Å². The Morgan fingerprint density at radius 2 is 1.92 bits per heavy atom. The Morgan fingerprint density at radius 3 is 2.60 bits per heavy atom. The molecule has 0 radical (unpaired) electrons. The van der Waals surface area contributed by atoms with Gasteiger partial charge >= 0.3 is 0 Å². The molecule has 5 nitrogen and oxygen atoms in total. The molecule has 0 saturated carbocycles. The summed E-state index contributed by atoms with van der Waals surface area (Å²) in [4.78, 5) is 27.0. The van der Waals surface area contributed by atoms with Gasteiger partial charge in [0.05, 0.1) is 23.1 Å². The van der Waals surface area contributed by atoms with Gasteiger partial charge in [-0.2, -0.15) is 5.26 Å². The molecule has 1 heterocycles. The Morgan fingerprint density at radius 1 is 1.20 bits per heavy atom. The standard InChI is InChI=1S/C18H14BrN3O2S/c19-15-4-2-1-3-14(15)18(24)22-11-25-10-16(22)17(23)21-13-7-5-12(9-20)6-8-13/h1-8,16H,10-11H2,(H,21,23). The minimum Gasteiger partial charge on any atom is -0.324 e. The maximum absolute atomic E-state index is 12.8. The fourth-order valence-corrected chi connectivity index (χ4v) is 4.11. The van der Waals surface area contributed by atoms with Gasteiger partial charge in [0.1, 0.15) is 6.04 Å². The summed E-state index contributed by atoms with van der Waals surface area (Å²) in [7, 11) is 0. The molecule has 1 unspecified atom stereocenters. The quantitative estimate of drug-likeness (QED) is 0.832. The van der Waals surface area contributed by atoms with E-state index in [0.717, 1.165) is 0 Å². The molecular formula is C18H14BrN3O2S. The van der Waals surface area contributed by atoms with E-state index < -0.39 is 6.04 Å². The SMILES string of the molecule is N#Cc1ccc(NC(=O)C2CSCN2C(=O)c2ccccc2Br)cc1. The van der Waals surface area contributed by atoms with Gasteiger partial charge < -0.3 is 10.2 Å². The Balaban J connectivity index is 1.74. The molecule has 25 heavy (non-hydrogen) atoms. The van der Waals surface area contributed by atoms with Crippen LogP contribution in [0.1, 0.15) is 15.9 Å². The highest BCUT2D eigenvalue weighted by Gasteiger charge is 2.35. The average Bonchev–Trinajstić information content (AvgIpc) is 3.12. The number of nitrogens with one attached hydrogen (secondary N) is 1. The number of carbonyl (C=O) groups is 2. The molecule has 1 saturated heterocycles. The van der Waals surface area contributed by atoms with Gasteiger partial charge in [-0.1, -0.05) is 12.1 Å². The third-order valence-corrected chi connectivity index (χ3v) is 5.54. The van der Waals surface area contributed by atoms with Crippen LogP contribution in [0.5, 0.6) is 0 Å². The van der Waals surface area contributed by atoms with E-state index >= 15 is 0 Å². The van der Waals surface area contributed by atoms with Crippen molar-refractivity contribution >= 4 is 45.2 Å². The highest BCUT2D eigenvalue weighted by Crippen LogP contribution is 2.27. The van der Waals surface area contributed by atoms with Gasteiger partial charge in [0.2, 0.25) is 5.91 Å². The first-order valence-electron chi connectivity index (χ1n) is 7.54. The van der Waals surface area contributed by atoms with Crippen LogP contribution in [0.2, 0.25) is 0 Å². The molecule has 1 aliphatic heterocycles. The van der Waals surface area contributed by atoms with Crippen molar-refractivity contribution in [2.75, 3.05) is 16.9 Å². The maximum atomic E-state index is 12.8. The number of hydrogen-bond acceptors (Lipinski definition) is 4. The molecule has 2 aromatic carbocycles. The summed E-state index contributed by atoms with van der Waals surface area (Å²) in [6.07, 6.45) is 0. The zero-order valence-corrected chi connectivity index (χ0v) is 15.5. The van der Waals surface area contributed by atoms with E-state index in [9.17, 15) is 9.59 Å². The van der Waals surface area contributed by atoms with Crippen LogP contribution in [0.3, 0.4) is 0 Å². The second kappa shape index (κ2) is 7.72. The minimum atomic E-state index is -0.528. The van der Waals surface area contributed by atoms with Crippen molar-refractivity contribution in [1.82, 2.24) is 4.90 Å². The fraction of sp³-hybridized carbons (Fsp3) is 0.167. The Labute approximate surface area is 158 Å². The second-order valence-electron chi connectivity index (χ2n) is 5.45. The zero-order chi connectivity index (χ0) is 17.8. The molecule has 0 aromatic heterocycles. The van der Waals surface area contributed by atoms with Crippen molar-refractivity contribution in [2.24, 2.45) is 0 Å². The van der Waals surface area contributed by atoms with Gasteiger partial charge in [-0.05, 0) is 52.3 Å². The van der Waals surface area contributed by atoms with Crippen molar-refractivity contribution in [3.63, 3.8) is 0 Å². The van der Waals surface area contributed by atoms with E-state index in [1.165, 1.54) is 0 Å². The van der Waals surface area contributed by atoms with E-state index in [1.54, 1.807) is 53.1 Å². The van der Waals surface area contributed by atoms with Gasteiger partial charge in [-0.3, -0.25) is 9.59 Å². The zero-order valence-electron chi connectivity index (χ0n) is 13.1. The fourth-order valence-electron chi connectivity index (χ4n) is 2.50. The molecule has 1 atom stereocenters. The Kier molecular flexibility index (Phi) is 5.41. The molecule has 0 spiro atoms. The lowest BCUT2D eigenvalue weighted by atomic mass is 10.1. The number of nitriles is 1. The van der Waals surface area contributed by atoms with Gasteiger partial charge in [0.25, 0.3) is 5.91 Å². The normalized spacial score (nSPS) is 16.3. The predicted octanol–water partition coefficient (Wildman–Crippen LogP) is 3.47. The number of halogens is 1. The van der Waals surface area contributed by atoms with Crippen molar-refractivity contribution in [3.05, 3.63) is 64.1 Å². The molecule has 2 aromatic rings. The predicted molar refractivity (Wildman–Crippen MR) is 101 cm³/mol. The summed E-state index contributed by atoms with van der Waals surface area (Å²) in [6, 6.07) is 15.3. The van der Waals surface area contributed by atoms with Gasteiger partial charge in [-0.15, -0.1) is 11.8 Å². The van der Waals surface area contributed by atoms with Crippen molar-refractivity contribution in [1.29, 1.82) is 5.26 Å². The van der Waals surface area contributed by atoms with E-state index in [-0.39, 0.29) is 11.8 Å². The molecule has 1 N–H and O–H groups in total. The summed E-state index contributed by atoms with van der Waals surface area (Å²) >= 11 is 4.94. The van der Waals surface area contributed by atoms with Crippen LogP contribution in [-0.2, 0) is 4.79 Å². The highest BCUT2D eigenvalue weighted by atomic mass is 79.9. The van der Waals surface area contributed by atoms with Crippen LogP contribution >= 0.6 is 27.7 Å². The second-order valence-corrected chi connectivity index (χ2v) is 7.30. The first-order valence-corrected chi connectivity index (χ1v) is 9.49. The molecule has 126 valence electrons. The molecule has 1 fully saturated rings. The van der Waals surface area contributed by atoms with Crippen LogP contribution in [0.4, 0.5) is 5.69 Å². The molecular weight excluding hydrogens is 402 g/mol. The molecule has 1 aliphatic rings. The van der Waals surface area contributed by atoms with Crippen molar-refractivity contribution in [2.45, 2.75) is 6.04 Å². The van der Waals surface area contributed by atoms with E-state index in [4.69, 9.17) is 5.26 Å².